The van der Waals surface area contributed by atoms with Gasteiger partial charge in [0.1, 0.15) is 4.90 Å². The Morgan fingerprint density at radius 2 is 2.10 bits per heavy atom. The lowest BCUT2D eigenvalue weighted by molar-refractivity contribution is 0.364. The zero-order chi connectivity index (χ0) is 14.8. The minimum absolute atomic E-state index is 0.326. The van der Waals surface area contributed by atoms with Crippen LogP contribution < -0.4 is 10.1 Å². The summed E-state index contributed by atoms with van der Waals surface area (Å²) in [7, 11) is -0.149. The van der Waals surface area contributed by atoms with Gasteiger partial charge in [0, 0.05) is 45.1 Å². The summed E-state index contributed by atoms with van der Waals surface area (Å²) in [5.41, 5.74) is 1.03. The maximum atomic E-state index is 12.2. The van der Waals surface area contributed by atoms with Gasteiger partial charge in [-0.2, -0.15) is 0 Å². The van der Waals surface area contributed by atoms with Crippen LogP contribution in [0.4, 0.5) is 0 Å². The highest BCUT2D eigenvalue weighted by Crippen LogP contribution is 2.21. The number of aromatic nitrogens is 1. The van der Waals surface area contributed by atoms with Gasteiger partial charge in [-0.25, -0.2) is 13.4 Å². The van der Waals surface area contributed by atoms with Gasteiger partial charge in [0.05, 0.1) is 0 Å². The molecule has 1 aromatic heterocycles. The van der Waals surface area contributed by atoms with Crippen LogP contribution in [0.5, 0.6) is 0 Å². The Morgan fingerprint density at radius 3 is 2.65 bits per heavy atom. The lowest BCUT2D eigenvalue weighted by atomic mass is 10.4. The number of aryl methyl sites for hydroxylation is 1. The highest BCUT2D eigenvalue weighted by molar-refractivity contribution is 7.89. The largest absolute Gasteiger partial charge is 0.349 e. The molecule has 0 aliphatic heterocycles. The molecule has 0 saturated heterocycles. The maximum Gasteiger partial charge on any atom is 0.254 e. The molecule has 114 valence electrons. The molecular weight excluding hydrogens is 276 g/mol. The first kappa shape index (κ1) is 15.5. The summed E-state index contributed by atoms with van der Waals surface area (Å²) < 4.78 is 26.4. The highest BCUT2D eigenvalue weighted by Gasteiger charge is 2.22. The van der Waals surface area contributed by atoms with Gasteiger partial charge in [0.25, 0.3) is 10.0 Å². The predicted molar refractivity (Wildman–Crippen MR) is 78.6 cm³/mol. The van der Waals surface area contributed by atoms with Gasteiger partial charge >= 0.3 is 0 Å². The number of nitrogens with zero attached hydrogens (tertiary/aromatic N) is 2. The molecule has 2 N–H and O–H groups in total. The number of sulfonamides is 1. The van der Waals surface area contributed by atoms with Crippen LogP contribution in [0.1, 0.15) is 31.9 Å². The number of hydrogen-bond donors (Lipinski definition) is 2. The van der Waals surface area contributed by atoms with Crippen molar-refractivity contribution in [2.75, 3.05) is 14.1 Å². The Hall–Kier alpha value is -0.890. The van der Waals surface area contributed by atoms with Crippen molar-refractivity contribution in [2.24, 2.45) is 0 Å². The van der Waals surface area contributed by atoms with E-state index < -0.39 is 10.0 Å². The van der Waals surface area contributed by atoms with Crippen LogP contribution in [0.3, 0.4) is 0 Å². The SMILES string of the molecule is CCCn1cc(S(=O)(=O)NN(C)C)cc1CNC1CC1. The maximum absolute atomic E-state index is 12.2. The molecule has 1 aliphatic rings. The zero-order valence-corrected chi connectivity index (χ0v) is 13.2. The normalized spacial score (nSPS) is 16.0. The van der Waals surface area contributed by atoms with Crippen LogP contribution in [0.25, 0.3) is 0 Å². The molecule has 1 fully saturated rings. The van der Waals surface area contributed by atoms with Gasteiger partial charge in [0.15, 0.2) is 0 Å². The van der Waals surface area contributed by atoms with E-state index in [1.165, 1.54) is 17.9 Å². The van der Waals surface area contributed by atoms with Crippen LogP contribution in [-0.4, -0.2) is 38.1 Å². The van der Waals surface area contributed by atoms with E-state index in [4.69, 9.17) is 0 Å². The third-order valence-corrected chi connectivity index (χ3v) is 4.64. The molecule has 6 nitrogen and oxygen atoms in total. The topological polar surface area (TPSA) is 66.4 Å². The Morgan fingerprint density at radius 1 is 1.40 bits per heavy atom. The zero-order valence-electron chi connectivity index (χ0n) is 12.4. The number of hydrazine groups is 1. The van der Waals surface area contributed by atoms with Crippen molar-refractivity contribution in [3.8, 4) is 0 Å². The molecule has 1 aliphatic carbocycles. The smallest absolute Gasteiger partial charge is 0.254 e. The van der Waals surface area contributed by atoms with E-state index in [9.17, 15) is 8.42 Å². The van der Waals surface area contributed by atoms with E-state index in [1.807, 2.05) is 4.57 Å². The van der Waals surface area contributed by atoms with Gasteiger partial charge in [-0.15, -0.1) is 4.83 Å². The fourth-order valence-corrected chi connectivity index (χ4v) is 3.24. The fourth-order valence-electron chi connectivity index (χ4n) is 2.10. The summed E-state index contributed by atoms with van der Waals surface area (Å²) in [5.74, 6) is 0. The molecule has 0 radical (unpaired) electrons. The first-order chi connectivity index (χ1) is 9.42. The van der Waals surface area contributed by atoms with Crippen molar-refractivity contribution in [2.45, 2.75) is 50.2 Å². The minimum Gasteiger partial charge on any atom is -0.349 e. The molecule has 1 heterocycles. The van der Waals surface area contributed by atoms with Crippen LogP contribution in [0.2, 0.25) is 0 Å². The average Bonchev–Trinajstić information content (AvgIpc) is 3.07. The Bertz CT molecular complexity index is 547. The summed E-state index contributed by atoms with van der Waals surface area (Å²) in [4.78, 5) is 2.79. The summed E-state index contributed by atoms with van der Waals surface area (Å²) >= 11 is 0. The molecule has 1 aromatic rings. The molecule has 0 bridgehead atoms. The van der Waals surface area contributed by atoms with Crippen molar-refractivity contribution in [3.63, 3.8) is 0 Å². The lowest BCUT2D eigenvalue weighted by Gasteiger charge is -2.10. The van der Waals surface area contributed by atoms with Crippen LogP contribution in [0.15, 0.2) is 17.2 Å². The molecule has 0 spiro atoms. The number of hydrogen-bond acceptors (Lipinski definition) is 4. The van der Waals surface area contributed by atoms with Crippen molar-refractivity contribution in [1.29, 1.82) is 0 Å². The third kappa shape index (κ3) is 4.05. The van der Waals surface area contributed by atoms with E-state index in [0.717, 1.165) is 25.2 Å². The molecule has 0 aromatic carbocycles. The summed E-state index contributed by atoms with van der Waals surface area (Å²) in [5, 5.41) is 4.87. The first-order valence-electron chi connectivity index (χ1n) is 7.04. The first-order valence-corrected chi connectivity index (χ1v) is 8.53. The molecule has 0 amide bonds. The van der Waals surface area contributed by atoms with E-state index in [2.05, 4.69) is 17.1 Å². The molecular formula is C13H24N4O2S. The van der Waals surface area contributed by atoms with Crippen molar-refractivity contribution in [1.82, 2.24) is 19.7 Å². The molecule has 1 saturated carbocycles. The van der Waals surface area contributed by atoms with Crippen molar-refractivity contribution in [3.05, 3.63) is 18.0 Å². The molecule has 2 rings (SSSR count). The van der Waals surface area contributed by atoms with E-state index >= 15 is 0 Å². The molecule has 0 atom stereocenters. The molecule has 7 heteroatoms. The standard InChI is InChI=1S/C13H24N4O2S/c1-4-7-17-10-13(20(18,19)15-16(2)3)8-12(17)9-14-11-5-6-11/h8,10-11,14-15H,4-7,9H2,1-3H3. The summed E-state index contributed by atoms with van der Waals surface area (Å²) in [6, 6.07) is 2.37. The van der Waals surface area contributed by atoms with Gasteiger partial charge in [-0.3, -0.25) is 0 Å². The van der Waals surface area contributed by atoms with E-state index in [0.29, 0.717) is 10.9 Å². The number of nitrogens with one attached hydrogen (secondary N) is 2. The van der Waals surface area contributed by atoms with Crippen molar-refractivity contribution >= 4 is 10.0 Å². The van der Waals surface area contributed by atoms with Gasteiger partial charge < -0.3 is 9.88 Å². The second kappa shape index (κ2) is 6.26. The second-order valence-electron chi connectivity index (χ2n) is 5.50. The Labute approximate surface area is 121 Å². The fraction of sp³-hybridized carbons (Fsp3) is 0.692. The van der Waals surface area contributed by atoms with E-state index in [1.54, 1.807) is 26.4 Å². The number of rotatable bonds is 8. The predicted octanol–water partition coefficient (Wildman–Crippen LogP) is 0.905. The van der Waals surface area contributed by atoms with Crippen LogP contribution >= 0.6 is 0 Å². The lowest BCUT2D eigenvalue weighted by Crippen LogP contribution is -2.35. The minimum atomic E-state index is -3.48. The van der Waals surface area contributed by atoms with Gasteiger partial charge in [-0.05, 0) is 25.3 Å². The van der Waals surface area contributed by atoms with Crippen LogP contribution in [0, 0.1) is 0 Å². The monoisotopic (exact) mass is 300 g/mol. The Kier molecular flexibility index (Phi) is 4.85. The molecule has 20 heavy (non-hydrogen) atoms. The Balaban J connectivity index is 2.18. The summed E-state index contributed by atoms with van der Waals surface area (Å²) in [6.07, 6.45) is 5.15. The average molecular weight is 300 g/mol. The van der Waals surface area contributed by atoms with Gasteiger partial charge in [-0.1, -0.05) is 6.92 Å². The van der Waals surface area contributed by atoms with Crippen LogP contribution in [-0.2, 0) is 23.1 Å². The summed E-state index contributed by atoms with van der Waals surface area (Å²) in [6.45, 7) is 3.64. The van der Waals surface area contributed by atoms with E-state index in [-0.39, 0.29) is 0 Å². The van der Waals surface area contributed by atoms with Gasteiger partial charge in [0.2, 0.25) is 0 Å². The molecule has 0 unspecified atom stereocenters. The highest BCUT2D eigenvalue weighted by atomic mass is 32.2. The van der Waals surface area contributed by atoms with Crippen molar-refractivity contribution < 1.29 is 8.42 Å². The quantitative estimate of drug-likeness (QED) is 0.700. The second-order valence-corrected chi connectivity index (χ2v) is 7.17. The third-order valence-electron chi connectivity index (χ3n) is 3.19.